The van der Waals surface area contributed by atoms with E-state index in [4.69, 9.17) is 19.2 Å². The van der Waals surface area contributed by atoms with E-state index < -0.39 is 0 Å². The first-order valence-electron chi connectivity index (χ1n) is 11.6. The third-order valence-electron chi connectivity index (χ3n) is 5.27. The lowest BCUT2D eigenvalue weighted by Crippen LogP contribution is -2.47. The van der Waals surface area contributed by atoms with Crippen LogP contribution in [0.4, 0.5) is 0 Å². The van der Waals surface area contributed by atoms with E-state index in [-0.39, 0.29) is 0 Å². The van der Waals surface area contributed by atoms with Crippen LogP contribution in [0.3, 0.4) is 0 Å². The van der Waals surface area contributed by atoms with Crippen molar-refractivity contribution in [2.75, 3.05) is 53.1 Å². The molecule has 1 saturated heterocycles. The Bertz CT molecular complexity index is 584. The standard InChI is InChI=1S/C24H41N3O3/c1-4-6-19-29-22-10-8-21(9-11-22)12-15-26-24(25-5-2)27-16-13-23(14-17-27)30-20-7-18-28-3/h8-11,23H,4-7,12-20H2,1-3H3,(H,25,26). The molecule has 0 radical (unpaired) electrons. The second-order valence-electron chi connectivity index (χ2n) is 7.74. The maximum atomic E-state index is 5.98. The van der Waals surface area contributed by atoms with Crippen LogP contribution in [0.1, 0.15) is 51.5 Å². The second kappa shape index (κ2) is 15.1. The van der Waals surface area contributed by atoms with E-state index in [9.17, 15) is 0 Å². The number of unbranched alkanes of at least 4 members (excludes halogenated alkanes) is 1. The van der Waals surface area contributed by atoms with Gasteiger partial charge in [-0.1, -0.05) is 25.5 Å². The number of nitrogens with one attached hydrogen (secondary N) is 1. The molecular formula is C24H41N3O3. The highest BCUT2D eigenvalue weighted by molar-refractivity contribution is 5.80. The molecule has 0 aromatic heterocycles. The number of piperidine rings is 1. The van der Waals surface area contributed by atoms with Crippen molar-refractivity contribution in [3.05, 3.63) is 29.8 Å². The number of benzene rings is 1. The van der Waals surface area contributed by atoms with Crippen LogP contribution in [0.25, 0.3) is 0 Å². The van der Waals surface area contributed by atoms with Crippen molar-refractivity contribution in [1.82, 2.24) is 10.2 Å². The van der Waals surface area contributed by atoms with E-state index in [1.165, 1.54) is 5.56 Å². The smallest absolute Gasteiger partial charge is 0.193 e. The van der Waals surface area contributed by atoms with Crippen molar-refractivity contribution in [3.8, 4) is 5.75 Å². The number of guanidine groups is 1. The monoisotopic (exact) mass is 419 g/mol. The van der Waals surface area contributed by atoms with Gasteiger partial charge in [-0.3, -0.25) is 4.99 Å². The Hall–Kier alpha value is -1.79. The van der Waals surface area contributed by atoms with Gasteiger partial charge in [0.25, 0.3) is 0 Å². The fraction of sp³-hybridized carbons (Fsp3) is 0.708. The average Bonchev–Trinajstić information content (AvgIpc) is 2.78. The minimum Gasteiger partial charge on any atom is -0.494 e. The molecule has 0 spiro atoms. The Morgan fingerprint density at radius 3 is 2.50 bits per heavy atom. The number of likely N-dealkylation sites (tertiary alicyclic amines) is 1. The summed E-state index contributed by atoms with van der Waals surface area (Å²) in [4.78, 5) is 7.23. The molecule has 0 bridgehead atoms. The minimum absolute atomic E-state index is 0.360. The lowest BCUT2D eigenvalue weighted by molar-refractivity contribution is 0.00991. The summed E-state index contributed by atoms with van der Waals surface area (Å²) < 4.78 is 16.8. The molecule has 1 aliphatic rings. The Labute approximate surface area is 183 Å². The SMILES string of the molecule is CCCCOc1ccc(CCN=C(NCC)N2CCC(OCCCOC)CC2)cc1. The zero-order chi connectivity index (χ0) is 21.4. The normalized spacial score (nSPS) is 15.4. The van der Waals surface area contributed by atoms with Gasteiger partial charge in [0.1, 0.15) is 5.75 Å². The predicted molar refractivity (Wildman–Crippen MR) is 124 cm³/mol. The summed E-state index contributed by atoms with van der Waals surface area (Å²) in [7, 11) is 1.73. The van der Waals surface area contributed by atoms with E-state index in [0.717, 1.165) is 96.2 Å². The summed E-state index contributed by atoms with van der Waals surface area (Å²) in [6.45, 7) is 10.3. The van der Waals surface area contributed by atoms with E-state index in [1.54, 1.807) is 7.11 Å². The first kappa shape index (κ1) is 24.5. The highest BCUT2D eigenvalue weighted by Gasteiger charge is 2.21. The van der Waals surface area contributed by atoms with Crippen molar-refractivity contribution < 1.29 is 14.2 Å². The Balaban J connectivity index is 1.75. The zero-order valence-corrected chi connectivity index (χ0v) is 19.2. The van der Waals surface area contributed by atoms with Crippen LogP contribution in [0.5, 0.6) is 5.75 Å². The number of nitrogens with zero attached hydrogens (tertiary/aromatic N) is 2. The molecule has 1 heterocycles. The van der Waals surface area contributed by atoms with Gasteiger partial charge in [-0.05, 0) is 56.7 Å². The lowest BCUT2D eigenvalue weighted by atomic mass is 10.1. The molecule has 0 unspecified atom stereocenters. The van der Waals surface area contributed by atoms with Gasteiger partial charge in [0.15, 0.2) is 5.96 Å². The maximum absolute atomic E-state index is 5.98. The molecule has 1 aromatic carbocycles. The van der Waals surface area contributed by atoms with Crippen molar-refractivity contribution in [3.63, 3.8) is 0 Å². The summed E-state index contributed by atoms with van der Waals surface area (Å²) in [6.07, 6.45) is 6.62. The summed E-state index contributed by atoms with van der Waals surface area (Å²) in [5.74, 6) is 1.98. The largest absolute Gasteiger partial charge is 0.494 e. The molecule has 1 aromatic rings. The van der Waals surface area contributed by atoms with E-state index in [0.29, 0.717) is 6.10 Å². The predicted octanol–water partition coefficient (Wildman–Crippen LogP) is 3.89. The summed E-state index contributed by atoms with van der Waals surface area (Å²) in [5.41, 5.74) is 1.29. The topological polar surface area (TPSA) is 55.3 Å². The first-order valence-corrected chi connectivity index (χ1v) is 11.6. The molecule has 1 N–H and O–H groups in total. The fourth-order valence-corrected chi connectivity index (χ4v) is 3.49. The van der Waals surface area contributed by atoms with Gasteiger partial charge in [0.05, 0.1) is 12.7 Å². The number of rotatable bonds is 13. The molecule has 6 nitrogen and oxygen atoms in total. The highest BCUT2D eigenvalue weighted by atomic mass is 16.5. The van der Waals surface area contributed by atoms with Crippen LogP contribution in [0.2, 0.25) is 0 Å². The molecule has 2 rings (SSSR count). The van der Waals surface area contributed by atoms with E-state index in [1.807, 2.05) is 0 Å². The summed E-state index contributed by atoms with van der Waals surface area (Å²) in [6, 6.07) is 8.43. The Kier molecular flexibility index (Phi) is 12.3. The quantitative estimate of drug-likeness (QED) is 0.299. The average molecular weight is 420 g/mol. The van der Waals surface area contributed by atoms with E-state index >= 15 is 0 Å². The summed E-state index contributed by atoms with van der Waals surface area (Å²) >= 11 is 0. The zero-order valence-electron chi connectivity index (χ0n) is 19.2. The number of methoxy groups -OCH3 is 1. The van der Waals surface area contributed by atoms with Crippen molar-refractivity contribution in [1.29, 1.82) is 0 Å². The number of hydrogen-bond acceptors (Lipinski definition) is 4. The number of aliphatic imine (C=N–C) groups is 1. The van der Waals surface area contributed by atoms with Gasteiger partial charge in [-0.25, -0.2) is 0 Å². The third kappa shape index (κ3) is 9.35. The Morgan fingerprint density at radius 2 is 1.83 bits per heavy atom. The molecule has 6 heteroatoms. The molecule has 1 aliphatic heterocycles. The van der Waals surface area contributed by atoms with E-state index in [2.05, 4.69) is 48.3 Å². The molecule has 0 amide bonds. The maximum Gasteiger partial charge on any atom is 0.193 e. The summed E-state index contributed by atoms with van der Waals surface area (Å²) in [5, 5.41) is 3.45. The van der Waals surface area contributed by atoms with Gasteiger partial charge < -0.3 is 24.4 Å². The first-order chi connectivity index (χ1) is 14.8. The van der Waals surface area contributed by atoms with Crippen molar-refractivity contribution >= 4 is 5.96 Å². The van der Waals surface area contributed by atoms with Gasteiger partial charge in [-0.2, -0.15) is 0 Å². The van der Waals surface area contributed by atoms with Gasteiger partial charge in [0.2, 0.25) is 0 Å². The van der Waals surface area contributed by atoms with Crippen LogP contribution in [-0.4, -0.2) is 70.1 Å². The molecule has 0 atom stereocenters. The van der Waals surface area contributed by atoms with Crippen molar-refractivity contribution in [2.24, 2.45) is 4.99 Å². The van der Waals surface area contributed by atoms with Crippen LogP contribution in [0, 0.1) is 0 Å². The third-order valence-corrected chi connectivity index (χ3v) is 5.27. The minimum atomic E-state index is 0.360. The number of ether oxygens (including phenoxy) is 3. The van der Waals surface area contributed by atoms with Gasteiger partial charge >= 0.3 is 0 Å². The van der Waals surface area contributed by atoms with Crippen LogP contribution >= 0.6 is 0 Å². The molecule has 170 valence electrons. The van der Waals surface area contributed by atoms with Gasteiger partial charge in [-0.15, -0.1) is 0 Å². The van der Waals surface area contributed by atoms with Gasteiger partial charge in [0, 0.05) is 46.5 Å². The molecule has 30 heavy (non-hydrogen) atoms. The van der Waals surface area contributed by atoms with Crippen LogP contribution in [-0.2, 0) is 15.9 Å². The Morgan fingerprint density at radius 1 is 1.07 bits per heavy atom. The molecule has 0 saturated carbocycles. The van der Waals surface area contributed by atoms with Crippen LogP contribution in [0.15, 0.2) is 29.3 Å². The lowest BCUT2D eigenvalue weighted by Gasteiger charge is -2.34. The number of hydrogen-bond donors (Lipinski definition) is 1. The molecule has 0 aliphatic carbocycles. The molecular weight excluding hydrogens is 378 g/mol. The highest BCUT2D eigenvalue weighted by Crippen LogP contribution is 2.15. The van der Waals surface area contributed by atoms with Crippen LogP contribution < -0.4 is 10.1 Å². The van der Waals surface area contributed by atoms with Crippen molar-refractivity contribution in [2.45, 2.75) is 58.5 Å². The second-order valence-corrected chi connectivity index (χ2v) is 7.74. The molecule has 1 fully saturated rings. The fourth-order valence-electron chi connectivity index (χ4n) is 3.49.